The number of benzene rings is 3. The molecule has 0 aliphatic carbocycles. The van der Waals surface area contributed by atoms with Crippen molar-refractivity contribution in [3.63, 3.8) is 0 Å². The monoisotopic (exact) mass is 394 g/mol. The minimum atomic E-state index is -0.00359. The predicted molar refractivity (Wildman–Crippen MR) is 122 cm³/mol. The molecule has 148 valence electrons. The van der Waals surface area contributed by atoms with Crippen molar-refractivity contribution >= 4 is 39.8 Å². The number of carbonyl (C=O) groups is 1. The second-order valence-corrected chi connectivity index (χ2v) is 7.34. The van der Waals surface area contributed by atoms with E-state index in [1.165, 1.54) is 0 Å². The Bertz CT molecular complexity index is 1250. The number of amides is 1. The number of para-hydroxylation sites is 3. The smallest absolute Gasteiger partial charge is 0.263 e. The molecule has 0 N–H and O–H groups in total. The molecular formula is C26H22N2O2. The summed E-state index contributed by atoms with van der Waals surface area (Å²) < 4.78 is 7.45. The van der Waals surface area contributed by atoms with E-state index in [2.05, 4.69) is 22.9 Å². The molecule has 0 fully saturated rings. The summed E-state index contributed by atoms with van der Waals surface area (Å²) in [6.07, 6.45) is 4.13. The molecule has 1 aromatic heterocycles. The van der Waals surface area contributed by atoms with Crippen molar-refractivity contribution in [3.8, 4) is 0 Å². The van der Waals surface area contributed by atoms with E-state index >= 15 is 0 Å². The molecule has 2 heterocycles. The van der Waals surface area contributed by atoms with Gasteiger partial charge in [-0.3, -0.25) is 9.69 Å². The summed E-state index contributed by atoms with van der Waals surface area (Å²) in [5, 5.41) is 1.13. The van der Waals surface area contributed by atoms with Gasteiger partial charge in [0.15, 0.2) is 0 Å². The Hall–Kier alpha value is -3.63. The van der Waals surface area contributed by atoms with Gasteiger partial charge in [0.05, 0.1) is 17.9 Å². The molecule has 0 saturated carbocycles. The number of ether oxygens (including phenoxy) is 1. The Morgan fingerprint density at radius 2 is 1.63 bits per heavy atom. The standard InChI is InChI=1S/C26H22N2O2/c1-30-16-15-27-18-19(21-11-5-7-13-24(21)27)17-23-22-12-6-8-14-25(22)28(26(23)29)20-9-3-2-4-10-20/h2-14,17-18H,15-16H2,1H3/b23-17+. The average molecular weight is 394 g/mol. The highest BCUT2D eigenvalue weighted by molar-refractivity contribution is 6.38. The van der Waals surface area contributed by atoms with Gasteiger partial charge in [-0.1, -0.05) is 54.6 Å². The highest BCUT2D eigenvalue weighted by Gasteiger charge is 2.33. The number of methoxy groups -OCH3 is 1. The fourth-order valence-corrected chi connectivity index (χ4v) is 4.13. The van der Waals surface area contributed by atoms with Crippen molar-refractivity contribution in [1.29, 1.82) is 0 Å². The van der Waals surface area contributed by atoms with Gasteiger partial charge in [0.1, 0.15) is 0 Å². The second kappa shape index (κ2) is 7.65. The molecule has 0 unspecified atom stereocenters. The molecule has 3 aromatic carbocycles. The first kappa shape index (κ1) is 18.4. The summed E-state index contributed by atoms with van der Waals surface area (Å²) in [7, 11) is 1.71. The number of hydrogen-bond acceptors (Lipinski definition) is 2. The van der Waals surface area contributed by atoms with Crippen molar-refractivity contribution < 1.29 is 9.53 Å². The Kier molecular flexibility index (Phi) is 4.69. The molecule has 0 radical (unpaired) electrons. The van der Waals surface area contributed by atoms with Crippen LogP contribution < -0.4 is 4.90 Å². The van der Waals surface area contributed by atoms with Crippen LogP contribution in [0.5, 0.6) is 0 Å². The Morgan fingerprint density at radius 3 is 2.47 bits per heavy atom. The second-order valence-electron chi connectivity index (χ2n) is 7.34. The third-order valence-corrected chi connectivity index (χ3v) is 5.54. The number of fused-ring (bicyclic) bond motifs is 2. The highest BCUT2D eigenvalue weighted by Crippen LogP contribution is 2.42. The van der Waals surface area contributed by atoms with Crippen molar-refractivity contribution in [2.24, 2.45) is 0 Å². The predicted octanol–water partition coefficient (Wildman–Crippen LogP) is 5.51. The molecule has 0 bridgehead atoms. The van der Waals surface area contributed by atoms with Gasteiger partial charge in [0.25, 0.3) is 5.91 Å². The number of aromatic nitrogens is 1. The van der Waals surface area contributed by atoms with Gasteiger partial charge in [-0.25, -0.2) is 0 Å². The largest absolute Gasteiger partial charge is 0.383 e. The minimum Gasteiger partial charge on any atom is -0.383 e. The van der Waals surface area contributed by atoms with Crippen LogP contribution in [0.4, 0.5) is 11.4 Å². The molecule has 4 heteroatoms. The fraction of sp³-hybridized carbons (Fsp3) is 0.115. The zero-order valence-electron chi connectivity index (χ0n) is 16.8. The third kappa shape index (κ3) is 3.02. The van der Waals surface area contributed by atoms with E-state index < -0.39 is 0 Å². The molecule has 5 rings (SSSR count). The molecule has 30 heavy (non-hydrogen) atoms. The molecule has 0 saturated heterocycles. The summed E-state index contributed by atoms with van der Waals surface area (Å²) in [6.45, 7) is 1.40. The van der Waals surface area contributed by atoms with Gasteiger partial charge in [0.2, 0.25) is 0 Å². The van der Waals surface area contributed by atoms with Crippen molar-refractivity contribution in [2.45, 2.75) is 6.54 Å². The van der Waals surface area contributed by atoms with E-state index in [-0.39, 0.29) is 5.91 Å². The van der Waals surface area contributed by atoms with Crippen LogP contribution in [0.25, 0.3) is 22.6 Å². The molecule has 1 aliphatic rings. The third-order valence-electron chi connectivity index (χ3n) is 5.54. The first-order valence-corrected chi connectivity index (χ1v) is 10.1. The van der Waals surface area contributed by atoms with Crippen LogP contribution in [0.3, 0.4) is 0 Å². The lowest BCUT2D eigenvalue weighted by Crippen LogP contribution is -2.20. The topological polar surface area (TPSA) is 34.5 Å². The van der Waals surface area contributed by atoms with Crippen molar-refractivity contribution in [3.05, 3.63) is 96.2 Å². The van der Waals surface area contributed by atoms with Gasteiger partial charge in [0, 0.05) is 47.6 Å². The number of nitrogens with zero attached hydrogens (tertiary/aromatic N) is 2. The first-order valence-electron chi connectivity index (χ1n) is 10.1. The number of rotatable bonds is 5. The fourth-order valence-electron chi connectivity index (χ4n) is 4.13. The van der Waals surface area contributed by atoms with Gasteiger partial charge < -0.3 is 9.30 Å². The lowest BCUT2D eigenvalue weighted by Gasteiger charge is -2.16. The van der Waals surface area contributed by atoms with Gasteiger partial charge in [-0.05, 0) is 30.3 Å². The summed E-state index contributed by atoms with van der Waals surface area (Å²) in [5.41, 5.74) is 5.64. The number of anilines is 2. The maximum Gasteiger partial charge on any atom is 0.263 e. The van der Waals surface area contributed by atoms with Crippen LogP contribution in [-0.4, -0.2) is 24.2 Å². The zero-order chi connectivity index (χ0) is 20.5. The summed E-state index contributed by atoms with van der Waals surface area (Å²) in [6, 6.07) is 26.1. The summed E-state index contributed by atoms with van der Waals surface area (Å²) in [5.74, 6) is -0.00359. The lowest BCUT2D eigenvalue weighted by atomic mass is 10.0. The summed E-state index contributed by atoms with van der Waals surface area (Å²) in [4.78, 5) is 15.3. The van der Waals surface area contributed by atoms with Crippen LogP contribution in [-0.2, 0) is 16.1 Å². The maximum atomic E-state index is 13.5. The van der Waals surface area contributed by atoms with E-state index in [4.69, 9.17) is 4.74 Å². The van der Waals surface area contributed by atoms with E-state index in [0.29, 0.717) is 12.2 Å². The van der Waals surface area contributed by atoms with Crippen molar-refractivity contribution in [2.75, 3.05) is 18.6 Å². The molecule has 4 nitrogen and oxygen atoms in total. The van der Waals surface area contributed by atoms with E-state index in [0.717, 1.165) is 39.9 Å². The molecule has 0 spiro atoms. The molecule has 1 aliphatic heterocycles. The number of hydrogen-bond donors (Lipinski definition) is 0. The molecule has 1 amide bonds. The lowest BCUT2D eigenvalue weighted by molar-refractivity contribution is -0.112. The van der Waals surface area contributed by atoms with E-state index in [9.17, 15) is 4.79 Å². The highest BCUT2D eigenvalue weighted by atomic mass is 16.5. The zero-order valence-corrected chi connectivity index (χ0v) is 16.8. The van der Waals surface area contributed by atoms with Crippen LogP contribution in [0, 0.1) is 0 Å². The van der Waals surface area contributed by atoms with E-state index in [1.807, 2.05) is 72.8 Å². The quantitative estimate of drug-likeness (QED) is 0.419. The van der Waals surface area contributed by atoms with Crippen LogP contribution in [0.15, 0.2) is 85.1 Å². The van der Waals surface area contributed by atoms with Crippen molar-refractivity contribution in [1.82, 2.24) is 4.57 Å². The normalized spacial score (nSPS) is 14.6. The average Bonchev–Trinajstić information content (AvgIpc) is 3.28. The van der Waals surface area contributed by atoms with Crippen LogP contribution in [0.2, 0.25) is 0 Å². The number of carbonyl (C=O) groups excluding carboxylic acids is 1. The van der Waals surface area contributed by atoms with Gasteiger partial charge >= 0.3 is 0 Å². The minimum absolute atomic E-state index is 0.00359. The SMILES string of the molecule is COCCn1cc(/C=C2/C(=O)N(c3ccccc3)c3ccccc32)c2ccccc21. The Labute approximate surface area is 175 Å². The van der Waals surface area contributed by atoms with Crippen LogP contribution in [0.1, 0.15) is 11.1 Å². The van der Waals surface area contributed by atoms with E-state index in [1.54, 1.807) is 12.0 Å². The maximum absolute atomic E-state index is 13.5. The summed E-state index contributed by atoms with van der Waals surface area (Å²) >= 11 is 0. The Balaban J connectivity index is 1.65. The van der Waals surface area contributed by atoms with Crippen LogP contribution >= 0.6 is 0 Å². The molecular weight excluding hydrogens is 372 g/mol. The molecule has 4 aromatic rings. The van der Waals surface area contributed by atoms with Gasteiger partial charge in [-0.2, -0.15) is 0 Å². The molecule has 0 atom stereocenters. The van der Waals surface area contributed by atoms with Gasteiger partial charge in [-0.15, -0.1) is 0 Å². The Morgan fingerprint density at radius 1 is 0.900 bits per heavy atom. The first-order chi connectivity index (χ1) is 14.8.